The highest BCUT2D eigenvalue weighted by atomic mass is 32.2. The average Bonchev–Trinajstić information content (AvgIpc) is 3.46. The van der Waals surface area contributed by atoms with Gasteiger partial charge in [-0.05, 0) is 83.8 Å². The second kappa shape index (κ2) is 13.7. The third kappa shape index (κ3) is 6.79. The monoisotopic (exact) mass is 632 g/mol. The smallest absolute Gasteiger partial charge is 0.288 e. The maximum Gasteiger partial charge on any atom is 0.288 e. The number of fused-ring (bicyclic) bond motifs is 3. The van der Waals surface area contributed by atoms with E-state index in [0.717, 1.165) is 31.2 Å². The number of ether oxygens (including phenoxy) is 3. The summed E-state index contributed by atoms with van der Waals surface area (Å²) in [6.07, 6.45) is 5.58. The lowest BCUT2D eigenvalue weighted by Gasteiger charge is -2.33. The summed E-state index contributed by atoms with van der Waals surface area (Å²) in [5, 5.41) is 9.64. The van der Waals surface area contributed by atoms with E-state index in [0.29, 0.717) is 25.3 Å². The van der Waals surface area contributed by atoms with Gasteiger partial charge in [0.15, 0.2) is 5.76 Å². The van der Waals surface area contributed by atoms with Gasteiger partial charge >= 0.3 is 0 Å². The van der Waals surface area contributed by atoms with E-state index < -0.39 is 16.3 Å². The first-order valence-corrected chi connectivity index (χ1v) is 17.1. The Bertz CT molecular complexity index is 1650. The van der Waals surface area contributed by atoms with E-state index in [4.69, 9.17) is 14.2 Å². The summed E-state index contributed by atoms with van der Waals surface area (Å²) in [6, 6.07) is 21.1. The molecule has 2 atom stereocenters. The first kappa shape index (κ1) is 31.3. The number of aliphatic hydroxyl groups excluding tert-OH is 1. The molecule has 1 saturated heterocycles. The number of sulfonamides is 1. The molecule has 2 heterocycles. The van der Waals surface area contributed by atoms with Gasteiger partial charge in [-0.1, -0.05) is 42.5 Å². The van der Waals surface area contributed by atoms with E-state index in [1.165, 1.54) is 45.8 Å². The Morgan fingerprint density at radius 3 is 2.49 bits per heavy atom. The fourth-order valence-electron chi connectivity index (χ4n) is 6.44. The molecule has 0 saturated carbocycles. The van der Waals surface area contributed by atoms with Crippen LogP contribution in [0.3, 0.4) is 0 Å². The number of carbonyl (C=O) groups excluding carboxylic acids is 1. The van der Waals surface area contributed by atoms with E-state index >= 15 is 0 Å². The summed E-state index contributed by atoms with van der Waals surface area (Å²) >= 11 is 0. The van der Waals surface area contributed by atoms with Crippen molar-refractivity contribution in [2.45, 2.75) is 49.2 Å². The lowest BCUT2D eigenvalue weighted by atomic mass is 9.90. The number of nitrogens with zero attached hydrogens (tertiary/aromatic N) is 2. The number of hydrogen-bond donors (Lipinski definition) is 1. The van der Waals surface area contributed by atoms with Crippen molar-refractivity contribution in [1.29, 1.82) is 0 Å². The van der Waals surface area contributed by atoms with Crippen LogP contribution in [0.25, 0.3) is 11.1 Å². The first-order valence-electron chi connectivity index (χ1n) is 15.6. The SMILES string of the molecule is COc1ccc(S(=O)(=O)N(CCO)CCO[C@H]2C[C@@H](c3ccc4c(c3)Cc3ccccc3-4)C=C(C(=O)N3CCCCC3)O2)cc1. The highest BCUT2D eigenvalue weighted by Gasteiger charge is 2.33. The molecule has 1 fully saturated rings. The van der Waals surface area contributed by atoms with Gasteiger partial charge in [0, 0.05) is 38.5 Å². The molecule has 0 aromatic heterocycles. The Kier molecular flexibility index (Phi) is 9.56. The van der Waals surface area contributed by atoms with E-state index in [9.17, 15) is 18.3 Å². The van der Waals surface area contributed by atoms with Gasteiger partial charge in [0.25, 0.3) is 5.91 Å². The van der Waals surface area contributed by atoms with Crippen LogP contribution < -0.4 is 4.74 Å². The summed E-state index contributed by atoms with van der Waals surface area (Å²) < 4.78 is 45.4. The zero-order valence-corrected chi connectivity index (χ0v) is 26.4. The molecule has 1 aliphatic carbocycles. The van der Waals surface area contributed by atoms with Crippen LogP contribution >= 0.6 is 0 Å². The van der Waals surface area contributed by atoms with E-state index in [2.05, 4.69) is 42.5 Å². The van der Waals surface area contributed by atoms with Crippen LogP contribution in [0.15, 0.2) is 83.5 Å². The van der Waals surface area contributed by atoms with Crippen molar-refractivity contribution in [2.24, 2.45) is 0 Å². The van der Waals surface area contributed by atoms with Gasteiger partial charge in [-0.15, -0.1) is 0 Å². The van der Waals surface area contributed by atoms with Gasteiger partial charge in [-0.25, -0.2) is 8.42 Å². The van der Waals surface area contributed by atoms with Gasteiger partial charge in [0.2, 0.25) is 16.3 Å². The van der Waals surface area contributed by atoms with E-state index in [1.54, 1.807) is 12.1 Å². The molecule has 3 aliphatic rings. The van der Waals surface area contributed by atoms with Crippen LogP contribution in [0, 0.1) is 0 Å². The highest BCUT2D eigenvalue weighted by molar-refractivity contribution is 7.89. The molecule has 10 heteroatoms. The quantitative estimate of drug-likeness (QED) is 0.256. The molecule has 6 rings (SSSR count). The zero-order valence-electron chi connectivity index (χ0n) is 25.6. The van der Waals surface area contributed by atoms with Crippen LogP contribution in [0.1, 0.15) is 48.3 Å². The number of piperidine rings is 1. The molecule has 3 aromatic rings. The molecule has 3 aromatic carbocycles. The molecule has 2 aliphatic heterocycles. The number of hydrogen-bond acceptors (Lipinski definition) is 7. The molecular weight excluding hydrogens is 592 g/mol. The largest absolute Gasteiger partial charge is 0.497 e. The summed E-state index contributed by atoms with van der Waals surface area (Å²) in [7, 11) is -2.37. The molecule has 0 radical (unpaired) electrons. The minimum atomic E-state index is -3.89. The van der Waals surface area contributed by atoms with Crippen molar-refractivity contribution in [3.05, 3.63) is 95.3 Å². The van der Waals surface area contributed by atoms with Crippen molar-refractivity contribution >= 4 is 15.9 Å². The predicted octanol–water partition coefficient (Wildman–Crippen LogP) is 4.69. The molecule has 45 heavy (non-hydrogen) atoms. The van der Waals surface area contributed by atoms with Crippen molar-refractivity contribution in [1.82, 2.24) is 9.21 Å². The standard InChI is InChI=1S/C35H40N2O7S/c1-42-29-10-12-30(13-11-29)45(40,41)37(17-19-38)18-20-43-34-24-27(23-33(44-34)35(39)36-15-5-2-6-16-36)25-9-14-32-28(21-25)22-26-7-3-4-8-31(26)32/h3-4,7-14,21,23,27,34,38H,2,5-6,15-20,22,24H2,1H3/t27-,34+/m0/s1. The summed E-state index contributed by atoms with van der Waals surface area (Å²) in [5.74, 6) is 0.578. The van der Waals surface area contributed by atoms with Gasteiger partial charge < -0.3 is 24.2 Å². The molecule has 1 amide bonds. The molecule has 9 nitrogen and oxygen atoms in total. The Hall–Kier alpha value is -3.70. The van der Waals surface area contributed by atoms with Crippen LogP contribution in [-0.4, -0.2) is 81.4 Å². The van der Waals surface area contributed by atoms with Crippen molar-refractivity contribution in [2.75, 3.05) is 46.5 Å². The number of amides is 1. The molecular formula is C35H40N2O7S. The Morgan fingerprint density at radius 1 is 0.978 bits per heavy atom. The lowest BCUT2D eigenvalue weighted by molar-refractivity contribution is -0.153. The second-order valence-electron chi connectivity index (χ2n) is 11.7. The number of rotatable bonds is 11. The Labute approximate surface area is 265 Å². The Morgan fingerprint density at radius 2 is 1.73 bits per heavy atom. The molecule has 0 spiro atoms. The van der Waals surface area contributed by atoms with Crippen LogP contribution in [0.5, 0.6) is 5.75 Å². The average molecular weight is 633 g/mol. The molecule has 0 bridgehead atoms. The third-order valence-corrected chi connectivity index (χ3v) is 10.8. The van der Waals surface area contributed by atoms with Crippen molar-refractivity contribution in [3.8, 4) is 16.9 Å². The maximum absolute atomic E-state index is 13.6. The van der Waals surface area contributed by atoms with E-state index in [-0.39, 0.29) is 48.8 Å². The first-order chi connectivity index (χ1) is 21.9. The number of aliphatic hydroxyl groups is 1. The van der Waals surface area contributed by atoms with Crippen LogP contribution in [0.2, 0.25) is 0 Å². The highest BCUT2D eigenvalue weighted by Crippen LogP contribution is 2.40. The minimum Gasteiger partial charge on any atom is -0.497 e. The number of benzene rings is 3. The van der Waals surface area contributed by atoms with Crippen LogP contribution in [-0.2, 0) is 30.7 Å². The van der Waals surface area contributed by atoms with Gasteiger partial charge in [0.05, 0.1) is 25.2 Å². The third-order valence-electron chi connectivity index (χ3n) is 8.85. The Balaban J connectivity index is 1.19. The number of methoxy groups -OCH3 is 1. The number of carbonyl (C=O) groups is 1. The summed E-state index contributed by atoms with van der Waals surface area (Å²) in [4.78, 5) is 15.5. The second-order valence-corrected chi connectivity index (χ2v) is 13.6. The van der Waals surface area contributed by atoms with Crippen molar-refractivity contribution in [3.63, 3.8) is 0 Å². The minimum absolute atomic E-state index is 0.00960. The normalized spacial score (nSPS) is 19.4. The summed E-state index contributed by atoms with van der Waals surface area (Å²) in [5.41, 5.74) is 6.17. The number of allylic oxidation sites excluding steroid dienone is 1. The number of likely N-dealkylation sites (tertiary alicyclic amines) is 1. The zero-order chi connectivity index (χ0) is 31.4. The van der Waals surface area contributed by atoms with Gasteiger partial charge in [-0.2, -0.15) is 4.31 Å². The van der Waals surface area contributed by atoms with Crippen LogP contribution in [0.4, 0.5) is 0 Å². The van der Waals surface area contributed by atoms with Gasteiger partial charge in [0.1, 0.15) is 5.75 Å². The molecule has 238 valence electrons. The molecule has 0 unspecified atom stereocenters. The van der Waals surface area contributed by atoms with Gasteiger partial charge in [-0.3, -0.25) is 4.79 Å². The topological polar surface area (TPSA) is 106 Å². The van der Waals surface area contributed by atoms with Crippen molar-refractivity contribution < 1.29 is 32.5 Å². The maximum atomic E-state index is 13.6. The fraction of sp³-hybridized carbons (Fsp3) is 0.400. The predicted molar refractivity (Wildman–Crippen MR) is 170 cm³/mol. The van der Waals surface area contributed by atoms with E-state index in [1.807, 2.05) is 11.0 Å². The fourth-order valence-corrected chi connectivity index (χ4v) is 7.85. The summed E-state index contributed by atoms with van der Waals surface area (Å²) in [6.45, 7) is 1.02. The molecule has 1 N–H and O–H groups in total. The lowest BCUT2D eigenvalue weighted by Crippen LogP contribution is -2.40.